The summed E-state index contributed by atoms with van der Waals surface area (Å²) in [6.45, 7) is 5.50. The van der Waals surface area contributed by atoms with Crippen molar-refractivity contribution in [1.29, 1.82) is 0 Å². The SMILES string of the molecule is CC(C)(C)OC(=O)N[C@@H](Cc1ccccc1)c1ccc(-c2cc(Cl)ccc2N)cn1. The number of pyridine rings is 1. The molecule has 0 saturated heterocycles. The largest absolute Gasteiger partial charge is 0.444 e. The summed E-state index contributed by atoms with van der Waals surface area (Å²) in [6.07, 6.45) is 1.85. The molecule has 0 unspecified atom stereocenters. The fourth-order valence-electron chi connectivity index (χ4n) is 3.08. The van der Waals surface area contributed by atoms with Crippen molar-refractivity contribution in [3.05, 3.63) is 83.1 Å². The van der Waals surface area contributed by atoms with Crippen LogP contribution in [0.1, 0.15) is 38.1 Å². The lowest BCUT2D eigenvalue weighted by Gasteiger charge is -2.23. The quantitative estimate of drug-likeness (QED) is 0.509. The number of nitrogens with zero attached hydrogens (tertiary/aromatic N) is 1. The average molecular weight is 424 g/mol. The minimum atomic E-state index is -0.581. The Labute approximate surface area is 182 Å². The Morgan fingerprint density at radius 1 is 1.13 bits per heavy atom. The van der Waals surface area contributed by atoms with Gasteiger partial charge in [0.1, 0.15) is 5.60 Å². The van der Waals surface area contributed by atoms with E-state index >= 15 is 0 Å². The lowest BCUT2D eigenvalue weighted by Crippen LogP contribution is -2.36. The number of rotatable bonds is 5. The second-order valence-corrected chi connectivity index (χ2v) is 8.53. The fraction of sp³-hybridized carbons (Fsp3) is 0.250. The van der Waals surface area contributed by atoms with Crippen LogP contribution >= 0.6 is 11.6 Å². The number of amides is 1. The maximum absolute atomic E-state index is 12.4. The Bertz CT molecular complexity index is 999. The van der Waals surface area contributed by atoms with Crippen molar-refractivity contribution in [2.75, 3.05) is 5.73 Å². The number of benzene rings is 2. The highest BCUT2D eigenvalue weighted by molar-refractivity contribution is 6.31. The Hall–Kier alpha value is -3.05. The van der Waals surface area contributed by atoms with E-state index in [9.17, 15) is 4.79 Å². The normalized spacial score (nSPS) is 12.3. The van der Waals surface area contributed by atoms with Gasteiger partial charge in [-0.1, -0.05) is 48.0 Å². The first kappa shape index (κ1) is 21.7. The molecule has 1 atom stereocenters. The van der Waals surface area contributed by atoms with E-state index in [-0.39, 0.29) is 6.04 Å². The maximum atomic E-state index is 12.4. The molecule has 3 N–H and O–H groups in total. The van der Waals surface area contributed by atoms with Gasteiger partial charge in [0.05, 0.1) is 11.7 Å². The van der Waals surface area contributed by atoms with Crippen LogP contribution in [-0.2, 0) is 11.2 Å². The molecule has 3 aromatic rings. The molecule has 2 aromatic carbocycles. The second-order valence-electron chi connectivity index (χ2n) is 8.09. The Balaban J connectivity index is 1.86. The molecule has 156 valence electrons. The summed E-state index contributed by atoms with van der Waals surface area (Å²) in [6, 6.07) is 18.8. The summed E-state index contributed by atoms with van der Waals surface area (Å²) in [4.78, 5) is 17.0. The molecule has 0 aliphatic carbocycles. The summed E-state index contributed by atoms with van der Waals surface area (Å²) in [5, 5.41) is 3.56. The van der Waals surface area contributed by atoms with Crippen molar-refractivity contribution in [3.8, 4) is 11.1 Å². The second kappa shape index (κ2) is 9.18. The zero-order valence-electron chi connectivity index (χ0n) is 17.4. The smallest absolute Gasteiger partial charge is 0.408 e. The molecule has 0 aliphatic heterocycles. The summed E-state index contributed by atoms with van der Waals surface area (Å²) in [5.41, 5.74) is 9.63. The van der Waals surface area contributed by atoms with Gasteiger partial charge in [0.2, 0.25) is 0 Å². The number of alkyl carbamates (subject to hydrolysis) is 1. The van der Waals surface area contributed by atoms with Crippen LogP contribution in [0.25, 0.3) is 11.1 Å². The first-order valence-electron chi connectivity index (χ1n) is 9.76. The Morgan fingerprint density at radius 2 is 1.87 bits per heavy atom. The summed E-state index contributed by atoms with van der Waals surface area (Å²) in [7, 11) is 0. The third kappa shape index (κ3) is 5.97. The average Bonchev–Trinajstić information content (AvgIpc) is 2.69. The van der Waals surface area contributed by atoms with Gasteiger partial charge in [0.25, 0.3) is 0 Å². The van der Waals surface area contributed by atoms with Crippen molar-refractivity contribution in [3.63, 3.8) is 0 Å². The monoisotopic (exact) mass is 423 g/mol. The van der Waals surface area contributed by atoms with Crippen LogP contribution in [0.4, 0.5) is 10.5 Å². The number of halogens is 1. The van der Waals surface area contributed by atoms with Gasteiger partial charge in [-0.2, -0.15) is 0 Å². The number of nitrogens with two attached hydrogens (primary N) is 1. The van der Waals surface area contributed by atoms with E-state index < -0.39 is 11.7 Å². The zero-order chi connectivity index (χ0) is 21.7. The number of nitrogens with one attached hydrogen (secondary N) is 1. The Kier molecular flexibility index (Phi) is 6.63. The highest BCUT2D eigenvalue weighted by Crippen LogP contribution is 2.29. The minimum Gasteiger partial charge on any atom is -0.444 e. The van der Waals surface area contributed by atoms with E-state index in [1.807, 2.05) is 69.3 Å². The lowest BCUT2D eigenvalue weighted by molar-refractivity contribution is 0.0502. The van der Waals surface area contributed by atoms with Crippen LogP contribution in [0.15, 0.2) is 66.9 Å². The summed E-state index contributed by atoms with van der Waals surface area (Å²) >= 11 is 6.11. The molecule has 0 aliphatic rings. The van der Waals surface area contributed by atoms with E-state index in [1.54, 1.807) is 18.3 Å². The highest BCUT2D eigenvalue weighted by Gasteiger charge is 2.22. The molecule has 0 bridgehead atoms. The lowest BCUT2D eigenvalue weighted by atomic mass is 10.0. The number of aromatic nitrogens is 1. The predicted molar refractivity (Wildman–Crippen MR) is 121 cm³/mol. The molecule has 6 heteroatoms. The van der Waals surface area contributed by atoms with Gasteiger partial charge in [-0.05, 0) is 57.0 Å². The number of carbonyl (C=O) groups is 1. The molecular formula is C24H26ClN3O2. The third-order valence-electron chi connectivity index (χ3n) is 4.44. The molecule has 0 spiro atoms. The van der Waals surface area contributed by atoms with Gasteiger partial charge >= 0.3 is 6.09 Å². The third-order valence-corrected chi connectivity index (χ3v) is 4.68. The van der Waals surface area contributed by atoms with Crippen LogP contribution in [0.2, 0.25) is 5.02 Å². The Morgan fingerprint density at radius 3 is 2.50 bits per heavy atom. The molecule has 3 rings (SSSR count). The van der Waals surface area contributed by atoms with Crippen LogP contribution in [0, 0.1) is 0 Å². The number of nitrogen functional groups attached to an aromatic ring is 1. The van der Waals surface area contributed by atoms with E-state index in [0.29, 0.717) is 17.1 Å². The van der Waals surface area contributed by atoms with Crippen LogP contribution in [-0.4, -0.2) is 16.7 Å². The van der Waals surface area contributed by atoms with Crippen molar-refractivity contribution in [2.24, 2.45) is 0 Å². The minimum absolute atomic E-state index is 0.340. The molecule has 0 radical (unpaired) electrons. The fourth-order valence-corrected chi connectivity index (χ4v) is 3.25. The molecule has 1 amide bonds. The van der Waals surface area contributed by atoms with Crippen LogP contribution in [0.5, 0.6) is 0 Å². The molecule has 5 nitrogen and oxygen atoms in total. The van der Waals surface area contributed by atoms with E-state index in [2.05, 4.69) is 10.3 Å². The van der Waals surface area contributed by atoms with Gasteiger partial charge < -0.3 is 15.8 Å². The number of hydrogen-bond donors (Lipinski definition) is 2. The van der Waals surface area contributed by atoms with Crippen molar-refractivity contribution >= 4 is 23.4 Å². The first-order valence-corrected chi connectivity index (χ1v) is 10.1. The van der Waals surface area contributed by atoms with Crippen molar-refractivity contribution in [1.82, 2.24) is 10.3 Å². The maximum Gasteiger partial charge on any atom is 0.408 e. The van der Waals surface area contributed by atoms with Crippen LogP contribution < -0.4 is 11.1 Å². The summed E-state index contributed by atoms with van der Waals surface area (Å²) in [5.74, 6) is 0. The molecular weight excluding hydrogens is 398 g/mol. The van der Waals surface area contributed by atoms with Gasteiger partial charge in [0.15, 0.2) is 0 Å². The first-order chi connectivity index (χ1) is 14.2. The predicted octanol–water partition coefficient (Wildman–Crippen LogP) is 5.79. The number of carbonyl (C=O) groups excluding carboxylic acids is 1. The van der Waals surface area contributed by atoms with Crippen molar-refractivity contribution in [2.45, 2.75) is 38.8 Å². The topological polar surface area (TPSA) is 77.2 Å². The number of hydrogen-bond acceptors (Lipinski definition) is 4. The van der Waals surface area contributed by atoms with E-state index in [1.165, 1.54) is 0 Å². The molecule has 0 saturated carbocycles. The number of ether oxygens (including phenoxy) is 1. The van der Waals surface area contributed by atoms with Gasteiger partial charge in [0, 0.05) is 28.0 Å². The van der Waals surface area contributed by atoms with Crippen LogP contribution in [0.3, 0.4) is 0 Å². The van der Waals surface area contributed by atoms with Gasteiger partial charge in [-0.3, -0.25) is 4.98 Å². The standard InChI is InChI=1S/C24H26ClN3O2/c1-24(2,3)30-23(29)28-22(13-16-7-5-4-6-8-16)21-12-9-17(15-27-21)19-14-18(25)10-11-20(19)26/h4-12,14-15,22H,13,26H2,1-3H3,(H,28,29)/t22-/m0/s1. The van der Waals surface area contributed by atoms with Gasteiger partial charge in [-0.15, -0.1) is 0 Å². The number of anilines is 1. The highest BCUT2D eigenvalue weighted by atomic mass is 35.5. The molecule has 30 heavy (non-hydrogen) atoms. The molecule has 1 heterocycles. The van der Waals surface area contributed by atoms with Gasteiger partial charge in [-0.25, -0.2) is 4.79 Å². The molecule has 1 aromatic heterocycles. The molecule has 0 fully saturated rings. The van der Waals surface area contributed by atoms with E-state index in [0.717, 1.165) is 22.4 Å². The zero-order valence-corrected chi connectivity index (χ0v) is 18.1. The summed E-state index contributed by atoms with van der Waals surface area (Å²) < 4.78 is 5.44. The van der Waals surface area contributed by atoms with Crippen molar-refractivity contribution < 1.29 is 9.53 Å². The van der Waals surface area contributed by atoms with E-state index in [4.69, 9.17) is 22.1 Å².